The van der Waals surface area contributed by atoms with Gasteiger partial charge in [0.05, 0.1) is 18.3 Å². The summed E-state index contributed by atoms with van der Waals surface area (Å²) in [6.45, 7) is 5.49. The van der Waals surface area contributed by atoms with Crippen LogP contribution in [0.2, 0.25) is 0 Å². The highest BCUT2D eigenvalue weighted by Gasteiger charge is 2.61. The lowest BCUT2D eigenvalue weighted by Gasteiger charge is -2.39. The summed E-state index contributed by atoms with van der Waals surface area (Å²) < 4.78 is 5.51. The van der Waals surface area contributed by atoms with Gasteiger partial charge in [-0.3, -0.25) is 9.59 Å². The van der Waals surface area contributed by atoms with E-state index in [1.807, 2.05) is 17.3 Å². The number of ether oxygens (including phenoxy) is 1. The molecule has 6 N–H and O–H groups in total. The van der Waals surface area contributed by atoms with Crippen LogP contribution in [0.15, 0.2) is 12.2 Å². The summed E-state index contributed by atoms with van der Waals surface area (Å²) in [5, 5.41) is 27.0. The summed E-state index contributed by atoms with van der Waals surface area (Å²) >= 11 is 0. The van der Waals surface area contributed by atoms with Crippen molar-refractivity contribution in [1.82, 2.24) is 37.0 Å². The zero-order valence-corrected chi connectivity index (χ0v) is 30.5. The number of carboxylic acids is 1. The van der Waals surface area contributed by atoms with Gasteiger partial charge in [-0.15, -0.1) is 0 Å². The van der Waals surface area contributed by atoms with Crippen molar-refractivity contribution in [2.24, 2.45) is 29.6 Å². The minimum Gasteiger partial charge on any atom is -0.479 e. The van der Waals surface area contributed by atoms with Crippen LogP contribution in [0.5, 0.6) is 0 Å². The van der Waals surface area contributed by atoms with Gasteiger partial charge >= 0.3 is 12.1 Å². The lowest BCUT2D eigenvalue weighted by atomic mass is 9.68. The molecule has 51 heavy (non-hydrogen) atoms. The van der Waals surface area contributed by atoms with Gasteiger partial charge in [0.2, 0.25) is 11.8 Å². The Morgan fingerprint density at radius 1 is 1.00 bits per heavy atom. The van der Waals surface area contributed by atoms with Gasteiger partial charge in [0.1, 0.15) is 23.2 Å². The molecule has 0 bridgehead atoms. The van der Waals surface area contributed by atoms with Crippen LogP contribution in [0, 0.1) is 40.9 Å². The summed E-state index contributed by atoms with van der Waals surface area (Å²) in [4.78, 5) is 55.3. The quantitative estimate of drug-likeness (QED) is 0.229. The van der Waals surface area contributed by atoms with Crippen molar-refractivity contribution in [3.63, 3.8) is 0 Å². The number of aliphatic carboxylic acids is 1. The normalized spacial score (nSPS) is 38.9. The molecule has 2 saturated heterocycles. The molecule has 3 unspecified atom stereocenters. The van der Waals surface area contributed by atoms with E-state index in [0.717, 1.165) is 64.2 Å². The van der Waals surface area contributed by atoms with Crippen molar-refractivity contribution < 1.29 is 29.0 Å². The Hall–Kier alpha value is -3.25. The molecule has 3 heterocycles. The molecule has 8 atom stereocenters. The van der Waals surface area contributed by atoms with E-state index in [0.29, 0.717) is 37.0 Å². The van der Waals surface area contributed by atoms with E-state index in [-0.39, 0.29) is 42.9 Å². The summed E-state index contributed by atoms with van der Waals surface area (Å²) in [7, 11) is 0. The molecule has 14 nitrogen and oxygen atoms in total. The third-order valence-electron chi connectivity index (χ3n) is 12.2. The van der Waals surface area contributed by atoms with Gasteiger partial charge in [0, 0.05) is 18.4 Å². The Labute approximate surface area is 301 Å². The van der Waals surface area contributed by atoms with Crippen molar-refractivity contribution in [3.8, 4) is 6.07 Å². The number of hydrazine groups is 3. The number of nitrogens with one attached hydrogen (secondary N) is 5. The number of alkyl carbamates (subject to hydrolysis) is 1. The Balaban J connectivity index is 1.17. The molecule has 0 spiro atoms. The van der Waals surface area contributed by atoms with E-state index in [4.69, 9.17) is 4.74 Å². The number of amides is 3. The van der Waals surface area contributed by atoms with E-state index in [9.17, 15) is 29.5 Å². The Kier molecular flexibility index (Phi) is 11.6. The molecule has 0 aromatic carbocycles. The van der Waals surface area contributed by atoms with Crippen LogP contribution in [0.3, 0.4) is 0 Å². The number of carboxylic acid groups (broad SMARTS) is 1. The monoisotopic (exact) mass is 710 g/mol. The van der Waals surface area contributed by atoms with Crippen molar-refractivity contribution >= 4 is 23.9 Å². The van der Waals surface area contributed by atoms with Gasteiger partial charge in [-0.1, -0.05) is 37.8 Å². The third-order valence-corrected chi connectivity index (χ3v) is 12.2. The summed E-state index contributed by atoms with van der Waals surface area (Å²) in [6.07, 6.45) is 16.2. The summed E-state index contributed by atoms with van der Waals surface area (Å²) in [5.74, 6) is -0.353. The van der Waals surface area contributed by atoms with Crippen molar-refractivity contribution in [2.75, 3.05) is 6.54 Å². The number of fused-ring (bicyclic) bond motifs is 2. The Bertz CT molecular complexity index is 1370. The molecule has 14 heteroatoms. The second-order valence-corrected chi connectivity index (χ2v) is 16.9. The minimum absolute atomic E-state index is 0.0262. The smallest absolute Gasteiger partial charge is 0.408 e. The molecule has 282 valence electrons. The fourth-order valence-corrected chi connectivity index (χ4v) is 9.21. The topological polar surface area (TPSA) is 188 Å². The summed E-state index contributed by atoms with van der Waals surface area (Å²) in [6, 6.07) is 0.323. The maximum absolute atomic E-state index is 14.4. The lowest BCUT2D eigenvalue weighted by molar-refractivity contribution is -0.145. The average Bonchev–Trinajstić information content (AvgIpc) is 3.40. The Morgan fingerprint density at radius 3 is 2.49 bits per heavy atom. The zero-order chi connectivity index (χ0) is 36.3. The van der Waals surface area contributed by atoms with E-state index in [2.05, 4.69) is 33.1 Å². The van der Waals surface area contributed by atoms with Crippen LogP contribution in [0.4, 0.5) is 4.79 Å². The molecule has 0 radical (unpaired) electrons. The first-order valence-corrected chi connectivity index (χ1v) is 19.3. The number of nitriles is 1. The van der Waals surface area contributed by atoms with Crippen LogP contribution in [-0.4, -0.2) is 81.0 Å². The SMILES string of the molecule is CC(C)(C)OC(=O)N[C@@H]1CCCCC/C=C\[C@@H]2C[C@]2(C(=O)O)NC(=O)[C@@H]2C[C@H](N3NNC(C4CCCC(C5CCC(C#N)CC5)C4)N3)CN2C1=O. The lowest BCUT2D eigenvalue weighted by Crippen LogP contribution is -2.56. The molecule has 3 amide bonds. The summed E-state index contributed by atoms with van der Waals surface area (Å²) in [5.41, 5.74) is 8.16. The number of allylic oxidation sites excluding steroid dienone is 1. The highest BCUT2D eigenvalue weighted by atomic mass is 16.6. The second kappa shape index (κ2) is 15.8. The first-order valence-electron chi connectivity index (χ1n) is 19.3. The van der Waals surface area contributed by atoms with Gasteiger partial charge < -0.3 is 25.4 Å². The highest BCUT2D eigenvalue weighted by molar-refractivity contribution is 5.96. The van der Waals surface area contributed by atoms with E-state index >= 15 is 0 Å². The standard InChI is InChI=1S/C37H58N8O6/c1-36(2,3)51-35(50)39-29-13-8-6-4-5-7-12-27-20-37(27,34(48)49)40-32(46)30-19-28(22-44(30)33(29)47)45-42-31(41-43-45)26-11-9-10-25(18-26)24-16-14-23(21-38)15-17-24/h7,12,23-31,41-43H,4-6,8-11,13-20,22H2,1-3H3,(H,39,50)(H,40,46)(H,48,49)/b12-7-/t23?,24?,25?,26?,27-,28+,29-,30+,31?,37+/m1/s1. The highest BCUT2D eigenvalue weighted by Crippen LogP contribution is 2.46. The van der Waals surface area contributed by atoms with E-state index in [1.54, 1.807) is 20.8 Å². The van der Waals surface area contributed by atoms with Crippen LogP contribution < -0.4 is 27.0 Å². The number of rotatable bonds is 5. The first kappa shape index (κ1) is 37.5. The molecule has 0 aromatic rings. The number of hydrogen-bond acceptors (Lipinski definition) is 10. The van der Waals surface area contributed by atoms with Crippen molar-refractivity contribution in [2.45, 2.75) is 153 Å². The molecule has 5 fully saturated rings. The van der Waals surface area contributed by atoms with Crippen LogP contribution >= 0.6 is 0 Å². The molecule has 3 aliphatic heterocycles. The predicted octanol–water partition coefficient (Wildman–Crippen LogP) is 3.62. The Morgan fingerprint density at radius 2 is 1.76 bits per heavy atom. The number of carbonyl (C=O) groups excluding carboxylic acids is 3. The molecular formula is C37H58N8O6. The maximum atomic E-state index is 14.4. The van der Waals surface area contributed by atoms with E-state index in [1.165, 1.54) is 11.3 Å². The molecule has 6 aliphatic rings. The molecule has 3 saturated carbocycles. The van der Waals surface area contributed by atoms with Crippen molar-refractivity contribution in [3.05, 3.63) is 12.2 Å². The fraction of sp³-hybridized carbons (Fsp3) is 0.811. The number of carbonyl (C=O) groups is 4. The van der Waals surface area contributed by atoms with Crippen molar-refractivity contribution in [1.29, 1.82) is 5.26 Å². The van der Waals surface area contributed by atoms with Crippen LogP contribution in [0.25, 0.3) is 0 Å². The molecule has 3 aliphatic carbocycles. The van der Waals surface area contributed by atoms with Gasteiger partial charge in [-0.05, 0) is 109 Å². The fourth-order valence-electron chi connectivity index (χ4n) is 9.21. The first-order chi connectivity index (χ1) is 24.4. The number of nitrogens with zero attached hydrogens (tertiary/aromatic N) is 3. The number of hydrogen-bond donors (Lipinski definition) is 6. The minimum atomic E-state index is -1.39. The molecule has 6 rings (SSSR count). The average molecular weight is 711 g/mol. The van der Waals surface area contributed by atoms with Gasteiger partial charge in [-0.2, -0.15) is 15.9 Å². The maximum Gasteiger partial charge on any atom is 0.408 e. The predicted molar refractivity (Wildman–Crippen MR) is 187 cm³/mol. The van der Waals surface area contributed by atoms with Gasteiger partial charge in [0.25, 0.3) is 0 Å². The largest absolute Gasteiger partial charge is 0.479 e. The van der Waals surface area contributed by atoms with Crippen LogP contribution in [0.1, 0.15) is 117 Å². The zero-order valence-electron chi connectivity index (χ0n) is 30.5. The molecular weight excluding hydrogens is 652 g/mol. The third kappa shape index (κ3) is 8.87. The van der Waals surface area contributed by atoms with Crippen LogP contribution in [-0.2, 0) is 19.1 Å². The van der Waals surface area contributed by atoms with Gasteiger partial charge in [-0.25, -0.2) is 20.4 Å². The van der Waals surface area contributed by atoms with Gasteiger partial charge in [0.15, 0.2) is 0 Å². The van der Waals surface area contributed by atoms with E-state index < -0.39 is 41.2 Å². The second-order valence-electron chi connectivity index (χ2n) is 16.9. The molecule has 0 aromatic heterocycles.